The number of hydrogen-bond donors (Lipinski definition) is 2. The molecule has 27 heavy (non-hydrogen) atoms. The molecule has 4 nitrogen and oxygen atoms in total. The van der Waals surface area contributed by atoms with E-state index in [0.717, 1.165) is 40.3 Å². The third-order valence-corrected chi connectivity index (χ3v) is 3.98. The summed E-state index contributed by atoms with van der Waals surface area (Å²) in [6.07, 6.45) is 0.728. The fraction of sp³-hybridized carbons (Fsp3) is 0.350. The minimum Gasteiger partial charge on any atom is -0.493 e. The van der Waals surface area contributed by atoms with E-state index in [4.69, 9.17) is 4.74 Å². The molecule has 0 aliphatic rings. The molecule has 7 heteroatoms. The summed E-state index contributed by atoms with van der Waals surface area (Å²) >= 11 is 0. The molecule has 2 rings (SSSR count). The summed E-state index contributed by atoms with van der Waals surface area (Å²) in [5, 5.41) is 2.27. The van der Waals surface area contributed by atoms with Crippen LogP contribution in [0.1, 0.15) is 17.5 Å². The second-order valence-electron chi connectivity index (χ2n) is 6.68. The van der Waals surface area contributed by atoms with Gasteiger partial charge in [0.25, 0.3) is 5.91 Å². The monoisotopic (exact) mass is 381 g/mol. The highest BCUT2D eigenvalue weighted by Crippen LogP contribution is 2.19. The number of benzene rings is 2. The smallest absolute Gasteiger partial charge is 0.279 e. The van der Waals surface area contributed by atoms with Crippen molar-refractivity contribution in [3.05, 3.63) is 58.9 Å². The number of aryl methyl sites for hydroxylation is 2. The predicted molar refractivity (Wildman–Crippen MR) is 97.6 cm³/mol. The van der Waals surface area contributed by atoms with E-state index >= 15 is 0 Å². The molecule has 0 aliphatic carbocycles. The third kappa shape index (κ3) is 6.29. The fourth-order valence-electron chi connectivity index (χ4n) is 2.76. The van der Waals surface area contributed by atoms with E-state index in [-0.39, 0.29) is 12.2 Å². The number of carbonyl (C=O) groups excluding carboxylic acids is 1. The van der Waals surface area contributed by atoms with Gasteiger partial charge in [0.15, 0.2) is 24.0 Å². The van der Waals surface area contributed by atoms with Gasteiger partial charge in [0, 0.05) is 6.42 Å². The normalized spacial score (nSPS) is 11.9. The summed E-state index contributed by atoms with van der Waals surface area (Å²) in [6, 6.07) is 7.77. The number of halogens is 3. The number of carbonyl (C=O) groups is 1. The van der Waals surface area contributed by atoms with Gasteiger partial charge in [-0.3, -0.25) is 4.79 Å². The summed E-state index contributed by atoms with van der Waals surface area (Å²) in [5.41, 5.74) is 1.90. The Hall–Kier alpha value is -2.54. The maximum atomic E-state index is 13.6. The van der Waals surface area contributed by atoms with Gasteiger partial charge >= 0.3 is 0 Å². The highest BCUT2D eigenvalue weighted by molar-refractivity contribution is 5.91. The van der Waals surface area contributed by atoms with Crippen LogP contribution in [0.4, 0.5) is 18.9 Å². The second-order valence-corrected chi connectivity index (χ2v) is 6.68. The van der Waals surface area contributed by atoms with Gasteiger partial charge in [0.1, 0.15) is 5.75 Å². The van der Waals surface area contributed by atoms with Gasteiger partial charge in [-0.1, -0.05) is 6.07 Å². The van der Waals surface area contributed by atoms with Crippen molar-refractivity contribution in [1.82, 2.24) is 0 Å². The first-order valence-electron chi connectivity index (χ1n) is 8.72. The van der Waals surface area contributed by atoms with Crippen LogP contribution in [0.2, 0.25) is 0 Å². The van der Waals surface area contributed by atoms with Crippen LogP contribution in [0.3, 0.4) is 0 Å². The molecule has 2 N–H and O–H groups in total. The molecule has 0 heterocycles. The largest absolute Gasteiger partial charge is 0.493 e. The molecule has 1 atom stereocenters. The van der Waals surface area contributed by atoms with Crippen LogP contribution >= 0.6 is 0 Å². The average Bonchev–Trinajstić information content (AvgIpc) is 2.58. The predicted octanol–water partition coefficient (Wildman–Crippen LogP) is 2.64. The molecule has 0 aromatic heterocycles. The first kappa shape index (κ1) is 20.8. The van der Waals surface area contributed by atoms with Gasteiger partial charge in [-0.25, -0.2) is 13.2 Å². The summed E-state index contributed by atoms with van der Waals surface area (Å²) in [5.74, 6) is -3.96. The van der Waals surface area contributed by atoms with Crippen molar-refractivity contribution in [3.8, 4) is 5.75 Å². The third-order valence-electron chi connectivity index (χ3n) is 3.98. The van der Waals surface area contributed by atoms with Gasteiger partial charge in [-0.2, -0.15) is 0 Å². The standard InChI is InChI=1S/C20H23F3N2O2/c1-13-9-14(2)11-15(10-13)27-8-4-7-25(3)12-18(26)24-17-6-5-16(21)19(22)20(17)23/h5-6,9-11H,4,7-8,12H2,1-3H3,(H,24,26)/p+1. The lowest BCUT2D eigenvalue weighted by Gasteiger charge is -2.15. The van der Waals surface area contributed by atoms with Gasteiger partial charge in [0.2, 0.25) is 0 Å². The highest BCUT2D eigenvalue weighted by Gasteiger charge is 2.17. The molecule has 146 valence electrons. The molecule has 1 amide bonds. The van der Waals surface area contributed by atoms with Gasteiger partial charge in [-0.15, -0.1) is 0 Å². The molecule has 0 fully saturated rings. The molecular formula is C20H24F3N2O2+. The summed E-state index contributed by atoms with van der Waals surface area (Å²) in [4.78, 5) is 12.8. The van der Waals surface area contributed by atoms with E-state index in [1.807, 2.05) is 33.0 Å². The summed E-state index contributed by atoms with van der Waals surface area (Å²) in [6.45, 7) is 5.26. The van der Waals surface area contributed by atoms with Crippen molar-refractivity contribution >= 4 is 11.6 Å². The van der Waals surface area contributed by atoms with Crippen LogP contribution in [0, 0.1) is 31.3 Å². The zero-order valence-electron chi connectivity index (χ0n) is 15.7. The zero-order chi connectivity index (χ0) is 20.0. The number of amides is 1. The lowest BCUT2D eigenvalue weighted by atomic mass is 10.1. The van der Waals surface area contributed by atoms with Crippen LogP contribution in [-0.2, 0) is 4.79 Å². The Kier molecular flexibility index (Phi) is 7.24. The number of likely N-dealkylation sites (N-methyl/N-ethyl adjacent to an activating group) is 1. The van der Waals surface area contributed by atoms with Gasteiger partial charge in [0.05, 0.1) is 25.9 Å². The molecule has 0 bridgehead atoms. The molecule has 0 radical (unpaired) electrons. The molecular weight excluding hydrogens is 357 g/mol. The van der Waals surface area contributed by atoms with Crippen LogP contribution < -0.4 is 15.0 Å². The average molecular weight is 381 g/mol. The van der Waals surface area contributed by atoms with Crippen LogP contribution in [0.15, 0.2) is 30.3 Å². The van der Waals surface area contributed by atoms with Crippen molar-refractivity contribution in [2.75, 3.05) is 32.1 Å². The first-order chi connectivity index (χ1) is 12.8. The number of nitrogens with one attached hydrogen (secondary N) is 2. The number of quaternary nitrogens is 1. The lowest BCUT2D eigenvalue weighted by molar-refractivity contribution is -0.871. The zero-order valence-corrected chi connectivity index (χ0v) is 15.7. The molecule has 0 spiro atoms. The minimum absolute atomic E-state index is 0.0714. The topological polar surface area (TPSA) is 42.8 Å². The van der Waals surface area contributed by atoms with Crippen molar-refractivity contribution in [2.45, 2.75) is 20.3 Å². The van der Waals surface area contributed by atoms with Gasteiger partial charge < -0.3 is 15.0 Å². The van der Waals surface area contributed by atoms with E-state index in [9.17, 15) is 18.0 Å². The molecule has 0 saturated heterocycles. The quantitative estimate of drug-likeness (QED) is 0.545. The number of ether oxygens (including phenoxy) is 1. The first-order valence-corrected chi connectivity index (χ1v) is 8.72. The lowest BCUT2D eigenvalue weighted by Crippen LogP contribution is -3.10. The number of rotatable bonds is 8. The van der Waals surface area contributed by atoms with E-state index in [0.29, 0.717) is 13.2 Å². The Morgan fingerprint density at radius 1 is 1.07 bits per heavy atom. The van der Waals surface area contributed by atoms with E-state index in [1.54, 1.807) is 0 Å². The van der Waals surface area contributed by atoms with E-state index < -0.39 is 23.4 Å². The van der Waals surface area contributed by atoms with Crippen LogP contribution in [0.5, 0.6) is 5.75 Å². The summed E-state index contributed by atoms with van der Waals surface area (Å²) in [7, 11) is 1.82. The molecule has 0 aliphatic heterocycles. The van der Waals surface area contributed by atoms with E-state index in [1.165, 1.54) is 0 Å². The van der Waals surface area contributed by atoms with Crippen LogP contribution in [0.25, 0.3) is 0 Å². The number of anilines is 1. The Balaban J connectivity index is 1.74. The summed E-state index contributed by atoms with van der Waals surface area (Å²) < 4.78 is 45.4. The minimum atomic E-state index is -1.60. The van der Waals surface area contributed by atoms with Crippen molar-refractivity contribution in [3.63, 3.8) is 0 Å². The van der Waals surface area contributed by atoms with Crippen LogP contribution in [-0.4, -0.2) is 32.7 Å². The fourth-order valence-corrected chi connectivity index (χ4v) is 2.76. The second kappa shape index (κ2) is 9.41. The maximum Gasteiger partial charge on any atom is 0.279 e. The molecule has 0 saturated carbocycles. The Morgan fingerprint density at radius 3 is 2.41 bits per heavy atom. The van der Waals surface area contributed by atoms with Gasteiger partial charge in [-0.05, 0) is 49.2 Å². The Bertz CT molecular complexity index is 792. The Morgan fingerprint density at radius 2 is 1.74 bits per heavy atom. The van der Waals surface area contributed by atoms with Crippen molar-refractivity contribution in [2.24, 2.45) is 0 Å². The Labute approximate surface area is 156 Å². The molecule has 1 unspecified atom stereocenters. The van der Waals surface area contributed by atoms with E-state index in [2.05, 4.69) is 11.4 Å². The molecule has 2 aromatic rings. The SMILES string of the molecule is Cc1cc(C)cc(OCCC[NH+](C)CC(=O)Nc2ccc(F)c(F)c2F)c1. The number of hydrogen-bond acceptors (Lipinski definition) is 2. The highest BCUT2D eigenvalue weighted by atomic mass is 19.2. The maximum absolute atomic E-state index is 13.6. The van der Waals surface area contributed by atoms with Crippen molar-refractivity contribution < 1.29 is 27.6 Å². The molecule has 2 aromatic carbocycles. The van der Waals surface area contributed by atoms with Crippen molar-refractivity contribution in [1.29, 1.82) is 0 Å².